The molecule has 1 aromatic heterocycles. The van der Waals surface area contributed by atoms with Gasteiger partial charge < -0.3 is 4.79 Å². The van der Waals surface area contributed by atoms with Crippen LogP contribution in [0.4, 0.5) is 4.39 Å². The van der Waals surface area contributed by atoms with Crippen molar-refractivity contribution in [1.29, 1.82) is 5.26 Å². The molecule has 0 saturated heterocycles. The van der Waals surface area contributed by atoms with Gasteiger partial charge in [-0.2, -0.15) is 5.26 Å². The number of imidazole rings is 1. The first kappa shape index (κ1) is 24.0. The number of hydrogen-bond donors (Lipinski definition) is 0. The Kier molecular flexibility index (Phi) is 8.72. The van der Waals surface area contributed by atoms with Crippen molar-refractivity contribution in [2.45, 2.75) is 48.5 Å². The maximum atomic E-state index is 13.0. The molecule has 1 heterocycles. The van der Waals surface area contributed by atoms with E-state index in [4.69, 9.17) is 5.26 Å². The molecule has 0 aliphatic rings. The van der Waals surface area contributed by atoms with Gasteiger partial charge in [0.25, 0.3) is 0 Å². The molecule has 0 amide bonds. The van der Waals surface area contributed by atoms with Crippen molar-refractivity contribution in [2.24, 2.45) is 11.3 Å². The maximum absolute atomic E-state index is 13.0. The molecule has 0 bridgehead atoms. The number of aldehydes is 1. The minimum Gasteiger partial charge on any atom is -0.303 e. The smallest absolute Gasteiger partial charge is 0.123 e. The molecule has 5 heteroatoms. The van der Waals surface area contributed by atoms with E-state index >= 15 is 0 Å². The number of aromatic nitrogens is 2. The number of nitrogens with zero attached hydrogens (tertiary/aromatic N) is 3. The molecule has 154 valence electrons. The summed E-state index contributed by atoms with van der Waals surface area (Å²) in [7, 11) is 0. The van der Waals surface area contributed by atoms with E-state index < -0.39 is 0 Å². The van der Waals surface area contributed by atoms with E-state index in [0.717, 1.165) is 28.8 Å². The molecule has 0 N–H and O–H groups in total. The number of rotatable bonds is 2. The fourth-order valence-corrected chi connectivity index (χ4v) is 2.39. The topological polar surface area (TPSA) is 58.7 Å². The number of fused-ring (bicyclic) bond motifs is 1. The Hall–Kier alpha value is -3.00. The maximum Gasteiger partial charge on any atom is 0.123 e. The van der Waals surface area contributed by atoms with Gasteiger partial charge in [0, 0.05) is 11.6 Å². The third-order valence-electron chi connectivity index (χ3n) is 4.61. The lowest BCUT2D eigenvalue weighted by molar-refractivity contribution is -0.113. The Morgan fingerprint density at radius 1 is 1.14 bits per heavy atom. The summed E-state index contributed by atoms with van der Waals surface area (Å²) < 4.78 is 14.9. The summed E-state index contributed by atoms with van der Waals surface area (Å²) in [6.07, 6.45) is 1.00. The number of carbonyl (C=O) groups is 1. The van der Waals surface area contributed by atoms with Crippen LogP contribution in [0.15, 0.2) is 42.5 Å². The first-order chi connectivity index (χ1) is 13.7. The molecule has 0 saturated carbocycles. The van der Waals surface area contributed by atoms with E-state index in [9.17, 15) is 9.18 Å². The number of carbonyl (C=O) groups excluding carboxylic acids is 1. The van der Waals surface area contributed by atoms with Crippen molar-refractivity contribution in [1.82, 2.24) is 9.55 Å². The summed E-state index contributed by atoms with van der Waals surface area (Å²) >= 11 is 0. The highest BCUT2D eigenvalue weighted by Gasteiger charge is 2.18. The Bertz CT molecular complexity index is 976. The Morgan fingerprint density at radius 3 is 2.17 bits per heavy atom. The average Bonchev–Trinajstić information content (AvgIpc) is 3.04. The van der Waals surface area contributed by atoms with Gasteiger partial charge >= 0.3 is 0 Å². The summed E-state index contributed by atoms with van der Waals surface area (Å²) in [6, 6.07) is 13.7. The summed E-state index contributed by atoms with van der Waals surface area (Å²) in [5, 5.41) is 8.97. The monoisotopic (exact) mass is 395 g/mol. The van der Waals surface area contributed by atoms with Gasteiger partial charge in [-0.15, -0.1) is 0 Å². The van der Waals surface area contributed by atoms with Crippen LogP contribution in [0, 0.1) is 35.4 Å². The van der Waals surface area contributed by atoms with Crippen LogP contribution in [0.3, 0.4) is 0 Å². The molecule has 0 aliphatic carbocycles. The summed E-state index contributed by atoms with van der Waals surface area (Å²) in [5.41, 5.74) is 3.22. The second kappa shape index (κ2) is 10.5. The number of halogens is 1. The number of nitriles is 1. The van der Waals surface area contributed by atoms with Crippen LogP contribution in [-0.4, -0.2) is 15.8 Å². The second-order valence-electron chi connectivity index (χ2n) is 7.58. The summed E-state index contributed by atoms with van der Waals surface area (Å²) in [6.45, 7) is 14.0. The third-order valence-corrected chi connectivity index (χ3v) is 4.61. The molecule has 0 fully saturated rings. The lowest BCUT2D eigenvalue weighted by Crippen LogP contribution is -2.17. The first-order valence-corrected chi connectivity index (χ1v) is 9.78. The standard InChI is InChI=1S/C15H10FN3.C7H14O.C2H6/c1-10-18-14-7-2-11(9-17)8-15(14)19(10)13-5-3-12(16)4-6-13;1-6(5-8)7(2,3)4;1-2/h2-8H,1H3;5-6H,1-4H3;1-2H3/t;6-;/m.1./s1. The predicted octanol–water partition coefficient (Wildman–Crippen LogP) is 6.24. The minimum absolute atomic E-state index is 0.141. The van der Waals surface area contributed by atoms with Gasteiger partial charge in [-0.25, -0.2) is 9.37 Å². The number of hydrogen-bond acceptors (Lipinski definition) is 3. The van der Waals surface area contributed by atoms with Gasteiger partial charge in [0.1, 0.15) is 17.9 Å². The van der Waals surface area contributed by atoms with Crippen LogP contribution in [0.5, 0.6) is 0 Å². The Labute approximate surface area is 173 Å². The molecule has 0 unspecified atom stereocenters. The Morgan fingerprint density at radius 2 is 1.72 bits per heavy atom. The van der Waals surface area contributed by atoms with E-state index in [1.807, 2.05) is 38.3 Å². The molecule has 29 heavy (non-hydrogen) atoms. The quantitative estimate of drug-likeness (QED) is 0.483. The summed E-state index contributed by atoms with van der Waals surface area (Å²) in [4.78, 5) is 14.6. The van der Waals surface area contributed by atoms with Crippen molar-refractivity contribution >= 4 is 17.3 Å². The lowest BCUT2D eigenvalue weighted by atomic mass is 9.83. The van der Waals surface area contributed by atoms with Gasteiger partial charge in [-0.3, -0.25) is 4.57 Å². The largest absolute Gasteiger partial charge is 0.303 e. The van der Waals surface area contributed by atoms with Crippen molar-refractivity contribution in [3.05, 3.63) is 59.7 Å². The molecule has 4 nitrogen and oxygen atoms in total. The molecular weight excluding hydrogens is 365 g/mol. The third kappa shape index (κ3) is 6.25. The van der Waals surface area contributed by atoms with Gasteiger partial charge in [-0.1, -0.05) is 41.5 Å². The van der Waals surface area contributed by atoms with Gasteiger partial charge in [0.05, 0.1) is 22.7 Å². The number of aryl methyl sites for hydroxylation is 1. The van der Waals surface area contributed by atoms with Crippen molar-refractivity contribution in [3.8, 4) is 11.8 Å². The van der Waals surface area contributed by atoms with Crippen molar-refractivity contribution < 1.29 is 9.18 Å². The molecule has 2 aromatic carbocycles. The zero-order valence-electron chi connectivity index (χ0n) is 18.3. The van der Waals surface area contributed by atoms with Crippen LogP contribution in [0.25, 0.3) is 16.7 Å². The van der Waals surface area contributed by atoms with E-state index in [1.54, 1.807) is 24.3 Å². The normalized spacial score (nSPS) is 11.4. The fraction of sp³-hybridized carbons (Fsp3) is 0.375. The Balaban J connectivity index is 0.000000358. The van der Waals surface area contributed by atoms with E-state index in [0.29, 0.717) is 5.56 Å². The van der Waals surface area contributed by atoms with Crippen molar-refractivity contribution in [2.75, 3.05) is 0 Å². The fourth-order valence-electron chi connectivity index (χ4n) is 2.39. The molecule has 0 radical (unpaired) electrons. The van der Waals surface area contributed by atoms with Crippen LogP contribution in [-0.2, 0) is 4.79 Å². The molecule has 3 aromatic rings. The van der Waals surface area contributed by atoms with Crippen LogP contribution in [0.2, 0.25) is 0 Å². The van der Waals surface area contributed by atoms with E-state index in [-0.39, 0.29) is 17.2 Å². The van der Waals surface area contributed by atoms with E-state index in [2.05, 4.69) is 31.8 Å². The SMILES string of the molecule is CC.C[C@H](C=O)C(C)(C)C.Cc1nc2ccc(C#N)cc2n1-c1ccc(F)cc1. The zero-order chi connectivity index (χ0) is 22.2. The van der Waals surface area contributed by atoms with Crippen LogP contribution < -0.4 is 0 Å². The molecule has 0 spiro atoms. The lowest BCUT2D eigenvalue weighted by Gasteiger charge is -2.21. The van der Waals surface area contributed by atoms with Gasteiger partial charge in [0.15, 0.2) is 0 Å². The highest BCUT2D eigenvalue weighted by atomic mass is 19.1. The number of benzene rings is 2. The van der Waals surface area contributed by atoms with Crippen LogP contribution in [0.1, 0.15) is 52.9 Å². The second-order valence-corrected chi connectivity index (χ2v) is 7.58. The molecule has 0 aliphatic heterocycles. The van der Waals surface area contributed by atoms with Crippen LogP contribution >= 0.6 is 0 Å². The highest BCUT2D eigenvalue weighted by Crippen LogP contribution is 2.23. The zero-order valence-corrected chi connectivity index (χ0v) is 18.3. The van der Waals surface area contributed by atoms with Gasteiger partial charge in [0.2, 0.25) is 0 Å². The molecule has 3 rings (SSSR count). The van der Waals surface area contributed by atoms with Gasteiger partial charge in [-0.05, 0) is 54.8 Å². The summed E-state index contributed by atoms with van der Waals surface area (Å²) in [5.74, 6) is 0.697. The highest BCUT2D eigenvalue weighted by molar-refractivity contribution is 5.79. The minimum atomic E-state index is -0.275. The first-order valence-electron chi connectivity index (χ1n) is 9.78. The van der Waals surface area contributed by atoms with E-state index in [1.165, 1.54) is 12.1 Å². The average molecular weight is 396 g/mol. The predicted molar refractivity (Wildman–Crippen MR) is 117 cm³/mol. The molecular formula is C24H30FN3O. The molecule has 1 atom stereocenters. The van der Waals surface area contributed by atoms with Crippen molar-refractivity contribution in [3.63, 3.8) is 0 Å².